The first-order valence-corrected chi connectivity index (χ1v) is 6.58. The van der Waals surface area contributed by atoms with Gasteiger partial charge in [-0.15, -0.1) is 0 Å². The highest BCUT2D eigenvalue weighted by atomic mass is 19.4. The van der Waals surface area contributed by atoms with Crippen LogP contribution in [0.5, 0.6) is 0 Å². The fraction of sp³-hybridized carbons (Fsp3) is 0.538. The predicted octanol–water partition coefficient (Wildman–Crippen LogP) is 2.47. The summed E-state index contributed by atoms with van der Waals surface area (Å²) in [4.78, 5) is 15.5. The van der Waals surface area contributed by atoms with Gasteiger partial charge in [-0.3, -0.25) is 4.79 Å². The molecule has 0 saturated carbocycles. The van der Waals surface area contributed by atoms with Crippen LogP contribution >= 0.6 is 0 Å². The molecule has 0 spiro atoms. The second-order valence-corrected chi connectivity index (χ2v) is 4.73. The van der Waals surface area contributed by atoms with Crippen molar-refractivity contribution in [2.75, 3.05) is 23.7 Å². The highest BCUT2D eigenvalue weighted by molar-refractivity contribution is 5.80. The Kier molecular flexibility index (Phi) is 5.80. The molecule has 0 aliphatic heterocycles. The number of rotatable bonds is 6. The summed E-state index contributed by atoms with van der Waals surface area (Å²) in [5.74, 6) is -0.201. The maximum atomic E-state index is 12.8. The van der Waals surface area contributed by atoms with Crippen molar-refractivity contribution in [2.24, 2.45) is 0 Å². The molecular formula is C13H19F3N4O. The standard InChI is InChI=1S/C13H19F3N4O/c1-4-17-10-5-9(13(14,15)16)6-11(20-10)18-7-12(21)19-8(2)3/h5-6,8H,4,7H2,1-3H3,(H,19,21)(H2,17,18,20). The van der Waals surface area contributed by atoms with Gasteiger partial charge in [-0.25, -0.2) is 4.98 Å². The SMILES string of the molecule is CCNc1cc(C(F)(F)F)cc(NCC(=O)NC(C)C)n1. The maximum Gasteiger partial charge on any atom is 0.416 e. The first-order chi connectivity index (χ1) is 9.72. The monoisotopic (exact) mass is 304 g/mol. The molecule has 1 heterocycles. The minimum atomic E-state index is -4.47. The lowest BCUT2D eigenvalue weighted by atomic mass is 10.2. The summed E-state index contributed by atoms with van der Waals surface area (Å²) >= 11 is 0. The molecule has 118 valence electrons. The van der Waals surface area contributed by atoms with Crippen molar-refractivity contribution in [3.05, 3.63) is 17.7 Å². The molecule has 0 aromatic carbocycles. The van der Waals surface area contributed by atoms with Gasteiger partial charge in [0.05, 0.1) is 12.1 Å². The number of aromatic nitrogens is 1. The second kappa shape index (κ2) is 7.14. The Hall–Kier alpha value is -1.99. The molecule has 21 heavy (non-hydrogen) atoms. The quantitative estimate of drug-likeness (QED) is 0.755. The van der Waals surface area contributed by atoms with Crippen LogP contribution in [0.15, 0.2) is 12.1 Å². The van der Waals surface area contributed by atoms with Crippen LogP contribution in [0, 0.1) is 0 Å². The third kappa shape index (κ3) is 5.88. The van der Waals surface area contributed by atoms with Gasteiger partial charge in [0.1, 0.15) is 11.6 Å². The molecule has 0 fully saturated rings. The van der Waals surface area contributed by atoms with E-state index < -0.39 is 11.7 Å². The molecule has 0 aliphatic carbocycles. The van der Waals surface area contributed by atoms with Crippen molar-refractivity contribution >= 4 is 17.5 Å². The number of pyridine rings is 1. The summed E-state index contributed by atoms with van der Waals surface area (Å²) in [6.45, 7) is 5.65. The van der Waals surface area contributed by atoms with E-state index in [1.807, 2.05) is 0 Å². The van der Waals surface area contributed by atoms with Crippen LogP contribution in [0.3, 0.4) is 0 Å². The molecule has 1 rings (SSSR count). The number of hydrogen-bond acceptors (Lipinski definition) is 4. The lowest BCUT2D eigenvalue weighted by molar-refractivity contribution is -0.137. The molecule has 0 atom stereocenters. The van der Waals surface area contributed by atoms with E-state index in [0.29, 0.717) is 6.54 Å². The van der Waals surface area contributed by atoms with Crippen LogP contribution in [-0.4, -0.2) is 30.0 Å². The lowest BCUT2D eigenvalue weighted by Crippen LogP contribution is -2.35. The van der Waals surface area contributed by atoms with Gasteiger partial charge in [-0.2, -0.15) is 13.2 Å². The lowest BCUT2D eigenvalue weighted by Gasteiger charge is -2.14. The number of carbonyl (C=O) groups excluding carboxylic acids is 1. The smallest absolute Gasteiger partial charge is 0.370 e. The van der Waals surface area contributed by atoms with Gasteiger partial charge in [-0.1, -0.05) is 0 Å². The molecule has 1 amide bonds. The summed E-state index contributed by atoms with van der Waals surface area (Å²) in [6, 6.07) is 1.78. The summed E-state index contributed by atoms with van der Waals surface area (Å²) in [5, 5.41) is 7.96. The zero-order valence-corrected chi connectivity index (χ0v) is 12.1. The van der Waals surface area contributed by atoms with Crippen LogP contribution in [0.4, 0.5) is 24.8 Å². The Morgan fingerprint density at radius 1 is 1.24 bits per heavy atom. The average Bonchev–Trinajstić information content (AvgIpc) is 2.35. The third-order valence-electron chi connectivity index (χ3n) is 2.39. The Morgan fingerprint density at radius 2 is 1.81 bits per heavy atom. The molecule has 8 heteroatoms. The number of anilines is 2. The number of alkyl halides is 3. The van der Waals surface area contributed by atoms with E-state index in [4.69, 9.17) is 0 Å². The highest BCUT2D eigenvalue weighted by Gasteiger charge is 2.31. The van der Waals surface area contributed by atoms with E-state index in [0.717, 1.165) is 12.1 Å². The molecule has 0 bridgehead atoms. The van der Waals surface area contributed by atoms with E-state index >= 15 is 0 Å². The third-order valence-corrected chi connectivity index (χ3v) is 2.39. The van der Waals surface area contributed by atoms with Crippen molar-refractivity contribution in [3.63, 3.8) is 0 Å². The van der Waals surface area contributed by atoms with Gasteiger partial charge < -0.3 is 16.0 Å². The van der Waals surface area contributed by atoms with Gasteiger partial charge >= 0.3 is 6.18 Å². The van der Waals surface area contributed by atoms with Gasteiger partial charge in [0.2, 0.25) is 5.91 Å². The van der Waals surface area contributed by atoms with E-state index in [9.17, 15) is 18.0 Å². The van der Waals surface area contributed by atoms with Crippen molar-refractivity contribution in [2.45, 2.75) is 33.0 Å². The first-order valence-electron chi connectivity index (χ1n) is 6.58. The fourth-order valence-electron chi connectivity index (χ4n) is 1.60. The van der Waals surface area contributed by atoms with Crippen LogP contribution in [0.2, 0.25) is 0 Å². The van der Waals surface area contributed by atoms with Gasteiger partial charge in [0, 0.05) is 12.6 Å². The molecule has 3 N–H and O–H groups in total. The van der Waals surface area contributed by atoms with Crippen molar-refractivity contribution < 1.29 is 18.0 Å². The molecular weight excluding hydrogens is 285 g/mol. The van der Waals surface area contributed by atoms with Crippen LogP contribution in [0.1, 0.15) is 26.3 Å². The topological polar surface area (TPSA) is 66.0 Å². The zero-order chi connectivity index (χ0) is 16.0. The normalized spacial score (nSPS) is 11.4. The Morgan fingerprint density at radius 3 is 2.29 bits per heavy atom. The number of amides is 1. The van der Waals surface area contributed by atoms with Gasteiger partial charge in [0.15, 0.2) is 0 Å². The van der Waals surface area contributed by atoms with E-state index in [2.05, 4.69) is 20.9 Å². The average molecular weight is 304 g/mol. The van der Waals surface area contributed by atoms with Crippen LogP contribution < -0.4 is 16.0 Å². The Bertz CT molecular complexity index is 489. The maximum absolute atomic E-state index is 12.8. The summed E-state index contributed by atoms with van der Waals surface area (Å²) < 4.78 is 38.4. The molecule has 0 radical (unpaired) electrons. The van der Waals surface area contributed by atoms with E-state index in [-0.39, 0.29) is 30.1 Å². The number of nitrogens with one attached hydrogen (secondary N) is 3. The number of carbonyl (C=O) groups is 1. The van der Waals surface area contributed by atoms with Crippen LogP contribution in [-0.2, 0) is 11.0 Å². The first kappa shape index (κ1) is 17.1. The summed E-state index contributed by atoms with van der Waals surface area (Å²) in [5.41, 5.74) is -0.819. The van der Waals surface area contributed by atoms with Crippen molar-refractivity contribution in [1.82, 2.24) is 10.3 Å². The highest BCUT2D eigenvalue weighted by Crippen LogP contribution is 2.31. The molecule has 0 unspecified atom stereocenters. The summed E-state index contributed by atoms with van der Waals surface area (Å²) in [6.07, 6.45) is -4.47. The number of halogens is 3. The minimum Gasteiger partial charge on any atom is -0.370 e. The van der Waals surface area contributed by atoms with Crippen molar-refractivity contribution in [3.8, 4) is 0 Å². The van der Waals surface area contributed by atoms with Gasteiger partial charge in [-0.05, 0) is 32.9 Å². The molecule has 1 aromatic rings. The zero-order valence-electron chi connectivity index (χ0n) is 12.1. The number of nitrogens with zero attached hydrogens (tertiary/aromatic N) is 1. The Balaban J connectivity index is 2.85. The second-order valence-electron chi connectivity index (χ2n) is 4.73. The van der Waals surface area contributed by atoms with Gasteiger partial charge in [0.25, 0.3) is 0 Å². The van der Waals surface area contributed by atoms with Crippen molar-refractivity contribution in [1.29, 1.82) is 0 Å². The summed E-state index contributed by atoms with van der Waals surface area (Å²) in [7, 11) is 0. The van der Waals surface area contributed by atoms with E-state index in [1.165, 1.54) is 0 Å². The molecule has 0 saturated heterocycles. The molecule has 0 aliphatic rings. The largest absolute Gasteiger partial charge is 0.416 e. The Labute approximate surface area is 121 Å². The van der Waals surface area contributed by atoms with Crippen LogP contribution in [0.25, 0.3) is 0 Å². The molecule has 5 nitrogen and oxygen atoms in total. The van der Waals surface area contributed by atoms with E-state index in [1.54, 1.807) is 20.8 Å². The fourth-order valence-corrected chi connectivity index (χ4v) is 1.60. The minimum absolute atomic E-state index is 0.000295. The predicted molar refractivity (Wildman–Crippen MR) is 75.2 cm³/mol. The molecule has 1 aromatic heterocycles. The number of hydrogen-bond donors (Lipinski definition) is 3.